The number of anilines is 1. The predicted molar refractivity (Wildman–Crippen MR) is 164 cm³/mol. The van der Waals surface area contributed by atoms with Gasteiger partial charge in [-0.2, -0.15) is 0 Å². The molecule has 0 bridgehead atoms. The monoisotopic (exact) mass is 622 g/mol. The third kappa shape index (κ3) is 4.01. The number of Topliss-reactive ketones (excluding diaryl/α,β-unsaturated/α-hetero) is 2. The van der Waals surface area contributed by atoms with Gasteiger partial charge in [-0.25, -0.2) is 4.79 Å². The number of hydrogen-bond acceptors (Lipinski definition) is 9. The molecule has 2 amide bonds. The summed E-state index contributed by atoms with van der Waals surface area (Å²) >= 11 is 0. The maximum atomic E-state index is 13.9. The van der Waals surface area contributed by atoms with Gasteiger partial charge in [-0.05, 0) is 52.1 Å². The van der Waals surface area contributed by atoms with Crippen molar-refractivity contribution in [3.8, 4) is 16.9 Å². The van der Waals surface area contributed by atoms with E-state index in [9.17, 15) is 39.6 Å². The number of aliphatic hydroxyl groups excluding tert-OH is 2. The first kappa shape index (κ1) is 29.3. The van der Waals surface area contributed by atoms with Gasteiger partial charge < -0.3 is 30.9 Å². The van der Waals surface area contributed by atoms with Gasteiger partial charge in [0, 0.05) is 23.8 Å². The lowest BCUT2D eigenvalue weighted by Gasteiger charge is -2.47. The Morgan fingerprint density at radius 3 is 2.22 bits per heavy atom. The second kappa shape index (κ2) is 10.3. The van der Waals surface area contributed by atoms with E-state index in [2.05, 4.69) is 5.32 Å². The van der Waals surface area contributed by atoms with E-state index in [-0.39, 0.29) is 42.2 Å². The number of nitrogens with two attached hydrogens (primary N) is 1. The zero-order chi connectivity index (χ0) is 32.7. The molecule has 11 heteroatoms. The van der Waals surface area contributed by atoms with Gasteiger partial charge >= 0.3 is 6.09 Å². The Kier molecular flexibility index (Phi) is 6.57. The topological polar surface area (TPSA) is 196 Å². The van der Waals surface area contributed by atoms with Gasteiger partial charge in [0.1, 0.15) is 23.7 Å². The average molecular weight is 623 g/mol. The number of primary amides is 1. The Balaban J connectivity index is 1.17. The van der Waals surface area contributed by atoms with Crippen LogP contribution in [-0.2, 0) is 14.3 Å². The normalized spacial score (nSPS) is 24.9. The largest absolute Gasteiger partial charge is 0.511 e. The van der Waals surface area contributed by atoms with Gasteiger partial charge in [0.2, 0.25) is 5.78 Å². The van der Waals surface area contributed by atoms with E-state index in [0.29, 0.717) is 5.56 Å². The molecule has 0 saturated carbocycles. The molecule has 0 fully saturated rings. The molecular formula is C35H30N2O9. The van der Waals surface area contributed by atoms with Crippen LogP contribution in [0.25, 0.3) is 11.1 Å². The molecular weight excluding hydrogens is 592 g/mol. The number of fused-ring (bicyclic) bond motifs is 6. The number of nitrogens with one attached hydrogen (secondary N) is 1. The highest BCUT2D eigenvalue weighted by atomic mass is 16.5. The van der Waals surface area contributed by atoms with Crippen LogP contribution in [0.2, 0.25) is 0 Å². The third-order valence-electron chi connectivity index (χ3n) is 10.0. The van der Waals surface area contributed by atoms with E-state index < -0.39 is 69.8 Å². The van der Waals surface area contributed by atoms with Crippen molar-refractivity contribution in [3.05, 3.63) is 106 Å². The zero-order valence-electron chi connectivity index (χ0n) is 24.6. The number of carbonyl (C=O) groups is 4. The number of aliphatic hydroxyl groups is 3. The predicted octanol–water partition coefficient (Wildman–Crippen LogP) is 4.50. The van der Waals surface area contributed by atoms with Crippen molar-refractivity contribution < 1.29 is 44.3 Å². The van der Waals surface area contributed by atoms with Crippen LogP contribution in [0.5, 0.6) is 5.75 Å². The number of aromatic hydroxyl groups is 1. The standard InChI is InChI=1S/C35H30N2O9/c1-15-17-10-11-24(37-34(44)46-14-23-20-8-4-2-6-18(20)19-7-3-5-9-21(19)23)29(39)26(17)30(40)27-22(15)12-16-13-25(38)28(33(36)43)32(42)35(16,45)31(27)41/h2-11,15-16,22-23,38-39,41,45H,12-14H2,1H3,(H2,36,43)(H,37,44)/t15-,16-,22?,35-/m0/s1. The van der Waals surface area contributed by atoms with Crippen molar-refractivity contribution in [2.24, 2.45) is 17.6 Å². The molecule has 46 heavy (non-hydrogen) atoms. The lowest BCUT2D eigenvalue weighted by atomic mass is 9.58. The summed E-state index contributed by atoms with van der Waals surface area (Å²) in [6, 6.07) is 18.8. The van der Waals surface area contributed by atoms with Gasteiger partial charge in [0.25, 0.3) is 5.91 Å². The van der Waals surface area contributed by atoms with Crippen LogP contribution in [0.4, 0.5) is 10.5 Å². The van der Waals surface area contributed by atoms with Crippen molar-refractivity contribution >= 4 is 29.3 Å². The Morgan fingerprint density at radius 2 is 1.59 bits per heavy atom. The van der Waals surface area contributed by atoms with Crippen molar-refractivity contribution in [3.63, 3.8) is 0 Å². The molecule has 0 spiro atoms. The molecule has 0 aliphatic heterocycles. The van der Waals surface area contributed by atoms with Crippen LogP contribution in [-0.4, -0.2) is 56.2 Å². The fourth-order valence-electron chi connectivity index (χ4n) is 7.76. The first-order valence-corrected chi connectivity index (χ1v) is 14.9. The van der Waals surface area contributed by atoms with Gasteiger partial charge in [-0.15, -0.1) is 0 Å². The molecule has 0 heterocycles. The fourth-order valence-corrected chi connectivity index (χ4v) is 7.76. The lowest BCUT2D eigenvalue weighted by molar-refractivity contribution is -0.144. The van der Waals surface area contributed by atoms with Gasteiger partial charge in [0.05, 0.1) is 11.3 Å². The van der Waals surface area contributed by atoms with E-state index in [1.54, 1.807) is 13.0 Å². The number of carbonyl (C=O) groups excluding carboxylic acids is 4. The van der Waals surface area contributed by atoms with E-state index in [4.69, 9.17) is 10.5 Å². The van der Waals surface area contributed by atoms with Crippen LogP contribution in [0, 0.1) is 11.8 Å². The minimum Gasteiger partial charge on any atom is -0.511 e. The summed E-state index contributed by atoms with van der Waals surface area (Å²) in [6.45, 7) is 1.79. The summed E-state index contributed by atoms with van der Waals surface area (Å²) in [5.74, 6) is -7.89. The molecule has 4 atom stereocenters. The minimum absolute atomic E-state index is 0.0184. The molecule has 0 saturated heterocycles. The van der Waals surface area contributed by atoms with Crippen LogP contribution < -0.4 is 11.1 Å². The number of ether oxygens (including phenoxy) is 1. The Morgan fingerprint density at radius 1 is 0.957 bits per heavy atom. The summed E-state index contributed by atoms with van der Waals surface area (Å²) in [5, 5.41) is 46.9. The molecule has 7 N–H and O–H groups in total. The molecule has 0 radical (unpaired) electrons. The number of ketones is 2. The maximum Gasteiger partial charge on any atom is 0.411 e. The molecule has 3 aromatic rings. The van der Waals surface area contributed by atoms with Gasteiger partial charge in [0.15, 0.2) is 17.1 Å². The number of phenolic OH excluding ortho intramolecular Hbond substituents is 1. The van der Waals surface area contributed by atoms with Crippen molar-refractivity contribution in [2.75, 3.05) is 11.9 Å². The van der Waals surface area contributed by atoms with Gasteiger partial charge in [-0.1, -0.05) is 61.5 Å². The van der Waals surface area contributed by atoms with Crippen LogP contribution >= 0.6 is 0 Å². The van der Waals surface area contributed by atoms with Crippen LogP contribution in [0.1, 0.15) is 58.6 Å². The highest BCUT2D eigenvalue weighted by Crippen LogP contribution is 2.55. The third-order valence-corrected chi connectivity index (χ3v) is 10.0. The summed E-state index contributed by atoms with van der Waals surface area (Å²) in [6.07, 6.45) is -1.15. The highest BCUT2D eigenvalue weighted by Gasteiger charge is 2.60. The smallest absolute Gasteiger partial charge is 0.411 e. The number of benzene rings is 3. The number of hydrogen-bond donors (Lipinski definition) is 6. The average Bonchev–Trinajstić information content (AvgIpc) is 3.34. The molecule has 0 aromatic heterocycles. The Labute approximate surface area is 262 Å². The second-order valence-electron chi connectivity index (χ2n) is 12.3. The number of allylic oxidation sites excluding steroid dienone is 2. The van der Waals surface area contributed by atoms with Crippen molar-refractivity contribution in [2.45, 2.75) is 37.2 Å². The molecule has 1 unspecified atom stereocenters. The number of amides is 2. The van der Waals surface area contributed by atoms with E-state index in [1.165, 1.54) is 6.07 Å². The Hall–Kier alpha value is -5.42. The van der Waals surface area contributed by atoms with Crippen molar-refractivity contribution in [1.82, 2.24) is 0 Å². The minimum atomic E-state index is -2.66. The first-order valence-electron chi connectivity index (χ1n) is 14.9. The molecule has 234 valence electrons. The molecule has 7 rings (SSSR count). The highest BCUT2D eigenvalue weighted by molar-refractivity contribution is 6.24. The SMILES string of the molecule is C[C@H]1c2ccc(NC(=O)OCC3c4ccccc4-c4ccccc43)c(O)c2C(=O)C2=C(O)[C@]3(O)C(=O)C(C(N)=O)=C(O)C[C@@H]3CC21. The van der Waals surface area contributed by atoms with E-state index >= 15 is 0 Å². The Bertz CT molecular complexity index is 1920. The van der Waals surface area contributed by atoms with Crippen LogP contribution in [0.15, 0.2) is 83.3 Å². The summed E-state index contributed by atoms with van der Waals surface area (Å²) in [5.41, 5.74) is 5.78. The molecule has 4 aliphatic carbocycles. The quantitative estimate of drug-likeness (QED) is 0.179. The first-order chi connectivity index (χ1) is 21.9. The summed E-state index contributed by atoms with van der Waals surface area (Å²) < 4.78 is 5.59. The summed E-state index contributed by atoms with van der Waals surface area (Å²) in [4.78, 5) is 52.0. The van der Waals surface area contributed by atoms with Crippen molar-refractivity contribution in [1.29, 1.82) is 0 Å². The zero-order valence-corrected chi connectivity index (χ0v) is 24.6. The molecule has 3 aromatic carbocycles. The fraction of sp³-hybridized carbons (Fsp3) is 0.257. The maximum absolute atomic E-state index is 13.9. The van der Waals surface area contributed by atoms with E-state index in [0.717, 1.165) is 22.3 Å². The number of rotatable bonds is 4. The number of phenols is 1. The molecule has 11 nitrogen and oxygen atoms in total. The second-order valence-corrected chi connectivity index (χ2v) is 12.3. The van der Waals surface area contributed by atoms with E-state index in [1.807, 2.05) is 48.5 Å². The molecule has 4 aliphatic rings. The van der Waals surface area contributed by atoms with Gasteiger partial charge in [-0.3, -0.25) is 19.7 Å². The summed E-state index contributed by atoms with van der Waals surface area (Å²) in [7, 11) is 0. The van der Waals surface area contributed by atoms with Crippen LogP contribution in [0.3, 0.4) is 0 Å². The lowest BCUT2D eigenvalue weighted by Crippen LogP contribution is -2.57.